The fourth-order valence-electron chi connectivity index (χ4n) is 3.25. The number of ether oxygens (including phenoxy) is 1. The maximum atomic E-state index is 12.2. The number of nitro benzene ring substituents is 1. The van der Waals surface area contributed by atoms with Gasteiger partial charge >= 0.3 is 0 Å². The highest BCUT2D eigenvalue weighted by Gasteiger charge is 2.09. The number of hydrogen-bond acceptors (Lipinski definition) is 5. The van der Waals surface area contributed by atoms with Crippen molar-refractivity contribution in [3.8, 4) is 5.75 Å². The van der Waals surface area contributed by atoms with Gasteiger partial charge < -0.3 is 4.74 Å². The van der Waals surface area contributed by atoms with Crippen LogP contribution in [0, 0.1) is 10.1 Å². The summed E-state index contributed by atoms with van der Waals surface area (Å²) in [6.07, 6.45) is 1.50. The average molecular weight is 425 g/mol. The Morgan fingerprint density at radius 3 is 2.47 bits per heavy atom. The number of hydrazone groups is 1. The van der Waals surface area contributed by atoms with E-state index < -0.39 is 10.8 Å². The third kappa shape index (κ3) is 4.79. The summed E-state index contributed by atoms with van der Waals surface area (Å²) in [6, 6.07) is 26.9. The van der Waals surface area contributed by atoms with Crippen LogP contribution in [0.5, 0.6) is 5.75 Å². The predicted octanol–water partition coefficient (Wildman–Crippen LogP) is 5.09. The molecule has 0 aliphatic carbocycles. The summed E-state index contributed by atoms with van der Waals surface area (Å²) in [4.78, 5) is 22.4. The highest BCUT2D eigenvalue weighted by molar-refractivity contribution is 5.95. The summed E-state index contributed by atoms with van der Waals surface area (Å²) in [7, 11) is 0. The molecule has 0 unspecified atom stereocenters. The van der Waals surface area contributed by atoms with E-state index in [0.29, 0.717) is 17.9 Å². The second kappa shape index (κ2) is 9.53. The fraction of sp³-hybridized carbons (Fsp3) is 0.0400. The number of amides is 1. The number of nitrogens with zero attached hydrogens (tertiary/aromatic N) is 2. The second-order valence-corrected chi connectivity index (χ2v) is 6.97. The Kier molecular flexibility index (Phi) is 6.17. The number of non-ortho nitro benzene ring substituents is 1. The van der Waals surface area contributed by atoms with Crippen LogP contribution in [-0.2, 0) is 6.61 Å². The van der Waals surface area contributed by atoms with Crippen LogP contribution in [0.3, 0.4) is 0 Å². The third-order valence-electron chi connectivity index (χ3n) is 4.89. The smallest absolute Gasteiger partial charge is 0.271 e. The van der Waals surface area contributed by atoms with Crippen molar-refractivity contribution in [1.29, 1.82) is 0 Å². The summed E-state index contributed by atoms with van der Waals surface area (Å²) in [5.41, 5.74) is 4.39. The number of benzene rings is 4. The monoisotopic (exact) mass is 425 g/mol. The van der Waals surface area contributed by atoms with Crippen LogP contribution in [0.1, 0.15) is 21.5 Å². The van der Waals surface area contributed by atoms with Gasteiger partial charge in [-0.05, 0) is 40.6 Å². The number of nitrogens with one attached hydrogen (secondary N) is 1. The van der Waals surface area contributed by atoms with Crippen LogP contribution in [0.2, 0.25) is 0 Å². The van der Waals surface area contributed by atoms with E-state index in [1.807, 2.05) is 48.5 Å². The van der Waals surface area contributed by atoms with E-state index in [9.17, 15) is 14.9 Å². The molecular formula is C25H19N3O4. The number of carbonyl (C=O) groups is 1. The van der Waals surface area contributed by atoms with Gasteiger partial charge in [-0.25, -0.2) is 5.43 Å². The van der Waals surface area contributed by atoms with Gasteiger partial charge in [0.05, 0.1) is 11.1 Å². The van der Waals surface area contributed by atoms with Gasteiger partial charge in [-0.15, -0.1) is 0 Å². The molecule has 7 nitrogen and oxygen atoms in total. The van der Waals surface area contributed by atoms with Gasteiger partial charge in [-0.2, -0.15) is 5.10 Å². The summed E-state index contributed by atoms with van der Waals surface area (Å²) in [5.74, 6) is 0.166. The third-order valence-corrected chi connectivity index (χ3v) is 4.89. The Labute approximate surface area is 184 Å². The molecule has 7 heteroatoms. The molecule has 0 spiro atoms. The second-order valence-electron chi connectivity index (χ2n) is 6.97. The minimum atomic E-state index is -0.519. The lowest BCUT2D eigenvalue weighted by Gasteiger charge is -2.11. The summed E-state index contributed by atoms with van der Waals surface area (Å²) in [6.45, 7) is 0.390. The lowest BCUT2D eigenvalue weighted by Crippen LogP contribution is -2.17. The van der Waals surface area contributed by atoms with Crippen LogP contribution < -0.4 is 10.2 Å². The first-order valence-corrected chi connectivity index (χ1v) is 9.88. The van der Waals surface area contributed by atoms with Crippen molar-refractivity contribution >= 4 is 28.6 Å². The molecular weight excluding hydrogens is 406 g/mol. The molecule has 0 atom stereocenters. The van der Waals surface area contributed by atoms with Crippen molar-refractivity contribution in [1.82, 2.24) is 5.43 Å². The average Bonchev–Trinajstić information content (AvgIpc) is 2.83. The van der Waals surface area contributed by atoms with Gasteiger partial charge in [0.2, 0.25) is 0 Å². The Bertz CT molecular complexity index is 1290. The Morgan fingerprint density at radius 2 is 1.66 bits per heavy atom. The Hall–Kier alpha value is -4.52. The SMILES string of the molecule is O=C(N/N=C\c1ccccc1OCc1cccc2ccccc12)c1ccc([N+](=O)[O-])cc1. The van der Waals surface area contributed by atoms with Gasteiger partial charge in [-0.1, -0.05) is 54.6 Å². The van der Waals surface area contributed by atoms with Crippen LogP contribution in [0.15, 0.2) is 96.1 Å². The van der Waals surface area contributed by atoms with Gasteiger partial charge in [-0.3, -0.25) is 14.9 Å². The number of hydrogen-bond donors (Lipinski definition) is 1. The molecule has 4 aromatic carbocycles. The molecule has 0 aliphatic rings. The number of fused-ring (bicyclic) bond motifs is 1. The van der Waals surface area contributed by atoms with Crippen molar-refractivity contribution in [2.24, 2.45) is 5.10 Å². The lowest BCUT2D eigenvalue weighted by molar-refractivity contribution is -0.384. The molecule has 1 amide bonds. The zero-order chi connectivity index (χ0) is 22.3. The first-order valence-electron chi connectivity index (χ1n) is 9.88. The molecule has 0 bridgehead atoms. The minimum absolute atomic E-state index is 0.0812. The van der Waals surface area contributed by atoms with Crippen molar-refractivity contribution in [2.75, 3.05) is 0 Å². The summed E-state index contributed by atoms with van der Waals surface area (Å²) in [5, 5.41) is 17.0. The number of carbonyl (C=O) groups excluding carboxylic acids is 1. The maximum Gasteiger partial charge on any atom is 0.271 e. The first-order chi connectivity index (χ1) is 15.6. The quantitative estimate of drug-likeness (QED) is 0.253. The van der Waals surface area contributed by atoms with E-state index in [1.54, 1.807) is 0 Å². The fourth-order valence-corrected chi connectivity index (χ4v) is 3.25. The Balaban J connectivity index is 1.43. The zero-order valence-electron chi connectivity index (χ0n) is 17.0. The topological polar surface area (TPSA) is 93.8 Å². The number of rotatable bonds is 7. The molecule has 1 N–H and O–H groups in total. The Morgan fingerprint density at radius 1 is 0.938 bits per heavy atom. The molecule has 4 rings (SSSR count). The van der Waals surface area contributed by atoms with Gasteiger partial charge in [0, 0.05) is 23.3 Å². The van der Waals surface area contributed by atoms with Crippen LogP contribution in [0.25, 0.3) is 10.8 Å². The number of nitro groups is 1. The van der Waals surface area contributed by atoms with Crippen molar-refractivity contribution < 1.29 is 14.5 Å². The molecule has 0 heterocycles. The first kappa shape index (κ1) is 20.7. The predicted molar refractivity (Wildman–Crippen MR) is 123 cm³/mol. The molecule has 0 aliphatic heterocycles. The van der Waals surface area contributed by atoms with Crippen molar-refractivity contribution in [3.05, 3.63) is 118 Å². The van der Waals surface area contributed by atoms with Gasteiger partial charge in [0.25, 0.3) is 11.6 Å². The maximum absolute atomic E-state index is 12.2. The van der Waals surface area contributed by atoms with E-state index in [4.69, 9.17) is 4.74 Å². The minimum Gasteiger partial charge on any atom is -0.488 e. The summed E-state index contributed by atoms with van der Waals surface area (Å²) < 4.78 is 6.04. The molecule has 0 aromatic heterocycles. The highest BCUT2D eigenvalue weighted by atomic mass is 16.6. The molecule has 0 fully saturated rings. The molecule has 0 radical (unpaired) electrons. The van der Waals surface area contributed by atoms with Crippen LogP contribution in [0.4, 0.5) is 5.69 Å². The van der Waals surface area contributed by atoms with Gasteiger partial charge in [0.1, 0.15) is 12.4 Å². The number of para-hydroxylation sites is 1. The van der Waals surface area contributed by atoms with E-state index in [-0.39, 0.29) is 11.3 Å². The molecule has 0 saturated heterocycles. The van der Waals surface area contributed by atoms with Gasteiger partial charge in [0.15, 0.2) is 0 Å². The molecule has 4 aromatic rings. The van der Waals surface area contributed by atoms with E-state index in [2.05, 4.69) is 28.7 Å². The molecule has 158 valence electrons. The van der Waals surface area contributed by atoms with Crippen molar-refractivity contribution in [3.63, 3.8) is 0 Å². The van der Waals surface area contributed by atoms with E-state index >= 15 is 0 Å². The highest BCUT2D eigenvalue weighted by Crippen LogP contribution is 2.22. The van der Waals surface area contributed by atoms with Crippen LogP contribution in [-0.4, -0.2) is 17.0 Å². The van der Waals surface area contributed by atoms with Crippen molar-refractivity contribution in [2.45, 2.75) is 6.61 Å². The van der Waals surface area contributed by atoms with E-state index in [1.165, 1.54) is 30.5 Å². The largest absolute Gasteiger partial charge is 0.488 e. The molecule has 32 heavy (non-hydrogen) atoms. The van der Waals surface area contributed by atoms with Crippen LogP contribution >= 0.6 is 0 Å². The summed E-state index contributed by atoms with van der Waals surface area (Å²) >= 11 is 0. The lowest BCUT2D eigenvalue weighted by atomic mass is 10.1. The van der Waals surface area contributed by atoms with E-state index in [0.717, 1.165) is 16.3 Å². The molecule has 0 saturated carbocycles. The zero-order valence-corrected chi connectivity index (χ0v) is 17.0. The standard InChI is InChI=1S/C25H19N3O4/c29-25(19-12-14-22(15-13-19)28(30)31)27-26-16-20-7-2-4-11-24(20)32-17-21-9-5-8-18-6-1-3-10-23(18)21/h1-16H,17H2,(H,27,29)/b26-16-. The normalized spacial score (nSPS) is 10.9.